The molecule has 1 aliphatic rings. The number of ether oxygens (including phenoxy) is 1. The molecule has 1 saturated carbocycles. The number of amidine groups is 1. The molecular formula is C15H22N2O. The maximum atomic E-state index is 7.43. The highest BCUT2D eigenvalue weighted by Crippen LogP contribution is 2.29. The predicted molar refractivity (Wildman–Crippen MR) is 74.1 cm³/mol. The molecule has 0 unspecified atom stereocenters. The minimum Gasteiger partial charge on any atom is -0.490 e. The second-order valence-corrected chi connectivity index (χ2v) is 5.11. The first-order chi connectivity index (χ1) is 8.69. The summed E-state index contributed by atoms with van der Waals surface area (Å²) in [5.41, 5.74) is 6.21. The number of hydrogen-bond donors (Lipinski definition) is 2. The second kappa shape index (κ2) is 5.89. The van der Waals surface area contributed by atoms with E-state index in [1.165, 1.54) is 19.3 Å². The Bertz CT molecular complexity index is 409. The fourth-order valence-electron chi connectivity index (χ4n) is 2.59. The number of rotatable bonds is 4. The van der Waals surface area contributed by atoms with Crippen molar-refractivity contribution in [3.05, 3.63) is 29.8 Å². The van der Waals surface area contributed by atoms with E-state index in [0.29, 0.717) is 6.10 Å². The Labute approximate surface area is 109 Å². The van der Waals surface area contributed by atoms with Gasteiger partial charge in [0.2, 0.25) is 0 Å². The van der Waals surface area contributed by atoms with Gasteiger partial charge < -0.3 is 10.5 Å². The zero-order chi connectivity index (χ0) is 13.0. The number of nitrogens with two attached hydrogens (primary N) is 1. The average molecular weight is 246 g/mol. The lowest BCUT2D eigenvalue weighted by atomic mass is 9.86. The summed E-state index contributed by atoms with van der Waals surface area (Å²) in [5, 5.41) is 7.43. The van der Waals surface area contributed by atoms with Crippen molar-refractivity contribution >= 4 is 5.84 Å². The maximum absolute atomic E-state index is 7.43. The SMILES string of the molecule is CCC1CCC(Oc2cccc(C(=N)N)c2)CC1. The quantitative estimate of drug-likeness (QED) is 0.632. The summed E-state index contributed by atoms with van der Waals surface area (Å²) < 4.78 is 5.99. The van der Waals surface area contributed by atoms with E-state index in [1.54, 1.807) is 0 Å². The Hall–Kier alpha value is -1.51. The zero-order valence-electron chi connectivity index (χ0n) is 11.0. The van der Waals surface area contributed by atoms with Crippen LogP contribution in [0.3, 0.4) is 0 Å². The molecule has 0 heterocycles. The van der Waals surface area contributed by atoms with E-state index in [0.717, 1.165) is 30.1 Å². The second-order valence-electron chi connectivity index (χ2n) is 5.11. The minimum absolute atomic E-state index is 0.0927. The van der Waals surface area contributed by atoms with Crippen LogP contribution in [-0.2, 0) is 0 Å². The third-order valence-corrected chi connectivity index (χ3v) is 3.82. The van der Waals surface area contributed by atoms with Crippen LogP contribution in [0.4, 0.5) is 0 Å². The summed E-state index contributed by atoms with van der Waals surface area (Å²) in [5.74, 6) is 1.81. The fraction of sp³-hybridized carbons (Fsp3) is 0.533. The summed E-state index contributed by atoms with van der Waals surface area (Å²) in [7, 11) is 0. The molecule has 1 aliphatic carbocycles. The molecule has 0 aromatic heterocycles. The third-order valence-electron chi connectivity index (χ3n) is 3.82. The van der Waals surface area contributed by atoms with Crippen molar-refractivity contribution in [1.82, 2.24) is 0 Å². The van der Waals surface area contributed by atoms with E-state index in [2.05, 4.69) is 6.92 Å². The van der Waals surface area contributed by atoms with Crippen LogP contribution in [0.2, 0.25) is 0 Å². The maximum Gasteiger partial charge on any atom is 0.122 e. The fourth-order valence-corrected chi connectivity index (χ4v) is 2.59. The molecule has 0 spiro atoms. The standard InChI is InChI=1S/C15H22N2O/c1-2-11-6-8-13(9-7-11)18-14-5-3-4-12(10-14)15(16)17/h3-5,10-11,13H,2,6-9H2,1H3,(H3,16,17). The van der Waals surface area contributed by atoms with Gasteiger partial charge in [-0.25, -0.2) is 0 Å². The molecule has 3 N–H and O–H groups in total. The predicted octanol–water partition coefficient (Wildman–Crippen LogP) is 3.32. The van der Waals surface area contributed by atoms with Gasteiger partial charge in [0, 0.05) is 5.56 Å². The molecule has 3 heteroatoms. The monoisotopic (exact) mass is 246 g/mol. The molecule has 1 aromatic rings. The first-order valence-electron chi connectivity index (χ1n) is 6.80. The van der Waals surface area contributed by atoms with Gasteiger partial charge >= 0.3 is 0 Å². The molecule has 0 saturated heterocycles. The van der Waals surface area contributed by atoms with Gasteiger partial charge in [0.1, 0.15) is 11.6 Å². The Balaban J connectivity index is 1.94. The lowest BCUT2D eigenvalue weighted by molar-refractivity contribution is 0.130. The van der Waals surface area contributed by atoms with Gasteiger partial charge in [-0.3, -0.25) is 5.41 Å². The van der Waals surface area contributed by atoms with Gasteiger partial charge in [0.25, 0.3) is 0 Å². The van der Waals surface area contributed by atoms with E-state index in [-0.39, 0.29) is 5.84 Å². The first kappa shape index (κ1) is 12.9. The van der Waals surface area contributed by atoms with Crippen LogP contribution in [0.5, 0.6) is 5.75 Å². The number of hydrogen-bond acceptors (Lipinski definition) is 2. The summed E-state index contributed by atoms with van der Waals surface area (Å²) in [6, 6.07) is 7.53. The van der Waals surface area contributed by atoms with Crippen molar-refractivity contribution in [3.8, 4) is 5.75 Å². The highest BCUT2D eigenvalue weighted by Gasteiger charge is 2.21. The Morgan fingerprint density at radius 2 is 2.06 bits per heavy atom. The highest BCUT2D eigenvalue weighted by molar-refractivity contribution is 5.95. The number of nitrogens with one attached hydrogen (secondary N) is 1. The molecule has 1 aromatic carbocycles. The molecule has 98 valence electrons. The van der Waals surface area contributed by atoms with Crippen molar-refractivity contribution in [2.75, 3.05) is 0 Å². The average Bonchev–Trinajstić information content (AvgIpc) is 2.40. The zero-order valence-corrected chi connectivity index (χ0v) is 11.0. The lowest BCUT2D eigenvalue weighted by Gasteiger charge is -2.28. The third kappa shape index (κ3) is 3.25. The molecule has 0 amide bonds. The number of benzene rings is 1. The number of nitrogen functional groups attached to an aromatic ring is 1. The summed E-state index contributed by atoms with van der Waals surface area (Å²) >= 11 is 0. The van der Waals surface area contributed by atoms with Crippen LogP contribution in [0.1, 0.15) is 44.6 Å². The Kier molecular flexibility index (Phi) is 4.24. The molecule has 3 nitrogen and oxygen atoms in total. The van der Waals surface area contributed by atoms with Crippen LogP contribution in [0.15, 0.2) is 24.3 Å². The highest BCUT2D eigenvalue weighted by atomic mass is 16.5. The van der Waals surface area contributed by atoms with Crippen molar-refractivity contribution in [2.45, 2.75) is 45.1 Å². The van der Waals surface area contributed by atoms with Crippen LogP contribution in [0, 0.1) is 11.3 Å². The largest absolute Gasteiger partial charge is 0.490 e. The topological polar surface area (TPSA) is 59.1 Å². The van der Waals surface area contributed by atoms with Crippen LogP contribution in [-0.4, -0.2) is 11.9 Å². The summed E-state index contributed by atoms with van der Waals surface area (Å²) in [4.78, 5) is 0. The molecule has 0 bridgehead atoms. The van der Waals surface area contributed by atoms with E-state index < -0.39 is 0 Å². The molecule has 1 fully saturated rings. The molecule has 18 heavy (non-hydrogen) atoms. The molecular weight excluding hydrogens is 224 g/mol. The Morgan fingerprint density at radius 1 is 1.33 bits per heavy atom. The van der Waals surface area contributed by atoms with Crippen LogP contribution >= 0.6 is 0 Å². The van der Waals surface area contributed by atoms with Gasteiger partial charge in [0.15, 0.2) is 0 Å². The van der Waals surface area contributed by atoms with Crippen LogP contribution < -0.4 is 10.5 Å². The van der Waals surface area contributed by atoms with Gasteiger partial charge in [0.05, 0.1) is 6.10 Å². The van der Waals surface area contributed by atoms with Gasteiger partial charge in [-0.05, 0) is 43.7 Å². The molecule has 0 aliphatic heterocycles. The van der Waals surface area contributed by atoms with E-state index in [9.17, 15) is 0 Å². The molecule has 0 atom stereocenters. The van der Waals surface area contributed by atoms with Gasteiger partial charge in [-0.2, -0.15) is 0 Å². The first-order valence-corrected chi connectivity index (χ1v) is 6.80. The molecule has 2 rings (SSSR count). The normalized spacial score (nSPS) is 23.6. The van der Waals surface area contributed by atoms with E-state index in [4.69, 9.17) is 15.9 Å². The summed E-state index contributed by atoms with van der Waals surface area (Å²) in [6.07, 6.45) is 6.44. The van der Waals surface area contributed by atoms with Crippen molar-refractivity contribution < 1.29 is 4.74 Å². The molecule has 0 radical (unpaired) electrons. The van der Waals surface area contributed by atoms with E-state index >= 15 is 0 Å². The minimum atomic E-state index is 0.0927. The van der Waals surface area contributed by atoms with Crippen molar-refractivity contribution in [1.29, 1.82) is 5.41 Å². The van der Waals surface area contributed by atoms with Crippen molar-refractivity contribution in [2.24, 2.45) is 11.7 Å². The lowest BCUT2D eigenvalue weighted by Crippen LogP contribution is -2.24. The van der Waals surface area contributed by atoms with Crippen LogP contribution in [0.25, 0.3) is 0 Å². The van der Waals surface area contributed by atoms with E-state index in [1.807, 2.05) is 24.3 Å². The smallest absolute Gasteiger partial charge is 0.122 e. The van der Waals surface area contributed by atoms with Gasteiger partial charge in [-0.15, -0.1) is 0 Å². The van der Waals surface area contributed by atoms with Crippen molar-refractivity contribution in [3.63, 3.8) is 0 Å². The Morgan fingerprint density at radius 3 is 2.67 bits per heavy atom. The summed E-state index contributed by atoms with van der Waals surface area (Å²) in [6.45, 7) is 2.27. The van der Waals surface area contributed by atoms with Gasteiger partial charge in [-0.1, -0.05) is 25.5 Å².